The lowest BCUT2D eigenvalue weighted by Crippen LogP contribution is -2.00. The van der Waals surface area contributed by atoms with E-state index in [1.54, 1.807) is 0 Å². The third kappa shape index (κ3) is 2.97. The standard InChI is InChI=1S/C34H23N3O/c1-2-31-35-28-12-6-7-13-29(28)37(31)22-17-15-21(16-18-22)33-26-20-19-24-23-9-4-8-14-30(23)38-34(24)32(26)25-10-3-5-11-27(25)36-33/h3-20H,2H2,1H3. The van der Waals surface area contributed by atoms with Gasteiger partial charge in [0.2, 0.25) is 0 Å². The summed E-state index contributed by atoms with van der Waals surface area (Å²) in [6, 6.07) is 37.9. The van der Waals surface area contributed by atoms with Crippen molar-refractivity contribution in [1.82, 2.24) is 14.5 Å². The predicted molar refractivity (Wildman–Crippen MR) is 156 cm³/mol. The number of benzene rings is 5. The molecule has 4 nitrogen and oxygen atoms in total. The number of aromatic nitrogens is 3. The highest BCUT2D eigenvalue weighted by molar-refractivity contribution is 6.24. The van der Waals surface area contributed by atoms with E-state index in [2.05, 4.69) is 96.4 Å². The molecule has 0 saturated carbocycles. The fourth-order valence-corrected chi connectivity index (χ4v) is 5.81. The lowest BCUT2D eigenvalue weighted by atomic mass is 9.97. The zero-order valence-electron chi connectivity index (χ0n) is 20.8. The van der Waals surface area contributed by atoms with Crippen LogP contribution in [0.4, 0.5) is 0 Å². The summed E-state index contributed by atoms with van der Waals surface area (Å²) in [6.45, 7) is 2.15. The molecule has 3 heterocycles. The molecule has 8 aromatic rings. The van der Waals surface area contributed by atoms with Crippen molar-refractivity contribution in [3.05, 3.63) is 115 Å². The summed E-state index contributed by atoms with van der Waals surface area (Å²) < 4.78 is 8.71. The van der Waals surface area contributed by atoms with Gasteiger partial charge in [0, 0.05) is 44.6 Å². The Morgan fingerprint density at radius 1 is 0.632 bits per heavy atom. The lowest BCUT2D eigenvalue weighted by molar-refractivity contribution is 0.673. The summed E-state index contributed by atoms with van der Waals surface area (Å²) >= 11 is 0. The topological polar surface area (TPSA) is 43.9 Å². The number of aryl methyl sites for hydroxylation is 1. The molecule has 0 spiro atoms. The molecule has 38 heavy (non-hydrogen) atoms. The van der Waals surface area contributed by atoms with Crippen LogP contribution in [0.3, 0.4) is 0 Å². The number of pyridine rings is 1. The van der Waals surface area contributed by atoms with Gasteiger partial charge in [-0.3, -0.25) is 4.57 Å². The van der Waals surface area contributed by atoms with Gasteiger partial charge in [-0.05, 0) is 42.5 Å². The van der Waals surface area contributed by atoms with Crippen LogP contribution in [-0.2, 0) is 6.42 Å². The minimum Gasteiger partial charge on any atom is -0.455 e. The fraction of sp³-hybridized carbons (Fsp3) is 0.0588. The van der Waals surface area contributed by atoms with Gasteiger partial charge in [0.25, 0.3) is 0 Å². The zero-order chi connectivity index (χ0) is 25.2. The Hall–Kier alpha value is -4.96. The van der Waals surface area contributed by atoms with Crippen molar-refractivity contribution < 1.29 is 4.42 Å². The van der Waals surface area contributed by atoms with E-state index in [1.807, 2.05) is 24.3 Å². The van der Waals surface area contributed by atoms with Crippen LogP contribution >= 0.6 is 0 Å². The summed E-state index contributed by atoms with van der Waals surface area (Å²) in [5, 5.41) is 5.56. The molecular formula is C34H23N3O. The first-order valence-electron chi connectivity index (χ1n) is 13.0. The van der Waals surface area contributed by atoms with Crippen molar-refractivity contribution in [3.8, 4) is 16.9 Å². The number of hydrogen-bond donors (Lipinski definition) is 0. The maximum atomic E-state index is 6.46. The SMILES string of the molecule is CCc1nc2ccccc2n1-c1ccc(-c2nc3ccccc3c3c2ccc2c4ccccc4oc23)cc1. The summed E-state index contributed by atoms with van der Waals surface area (Å²) in [6.07, 6.45) is 0.862. The van der Waals surface area contributed by atoms with Gasteiger partial charge in [-0.1, -0.05) is 73.7 Å². The average Bonchev–Trinajstić information content (AvgIpc) is 3.55. The summed E-state index contributed by atoms with van der Waals surface area (Å²) in [5.74, 6) is 1.06. The second-order valence-corrected chi connectivity index (χ2v) is 9.69. The van der Waals surface area contributed by atoms with Crippen LogP contribution in [0.25, 0.3) is 71.6 Å². The lowest BCUT2D eigenvalue weighted by Gasteiger charge is -2.12. The largest absolute Gasteiger partial charge is 0.455 e. The van der Waals surface area contributed by atoms with Crippen LogP contribution in [0.1, 0.15) is 12.7 Å². The molecule has 0 unspecified atom stereocenters. The van der Waals surface area contributed by atoms with E-state index >= 15 is 0 Å². The molecule has 4 heteroatoms. The first kappa shape index (κ1) is 21.2. The summed E-state index contributed by atoms with van der Waals surface area (Å²) in [5.41, 5.74) is 8.05. The fourth-order valence-electron chi connectivity index (χ4n) is 5.81. The minimum atomic E-state index is 0.862. The van der Waals surface area contributed by atoms with Gasteiger partial charge < -0.3 is 4.42 Å². The molecule has 8 rings (SSSR count). The van der Waals surface area contributed by atoms with E-state index in [4.69, 9.17) is 14.4 Å². The van der Waals surface area contributed by atoms with E-state index in [0.717, 1.165) is 83.8 Å². The molecular weight excluding hydrogens is 466 g/mol. The molecule has 0 aliphatic heterocycles. The summed E-state index contributed by atoms with van der Waals surface area (Å²) in [7, 11) is 0. The molecule has 0 bridgehead atoms. The third-order valence-corrected chi connectivity index (χ3v) is 7.55. The molecule has 0 aliphatic carbocycles. The molecule has 5 aromatic carbocycles. The second-order valence-electron chi connectivity index (χ2n) is 9.69. The highest BCUT2D eigenvalue weighted by atomic mass is 16.3. The Morgan fingerprint density at radius 3 is 2.18 bits per heavy atom. The third-order valence-electron chi connectivity index (χ3n) is 7.55. The number of rotatable bonds is 3. The van der Waals surface area contributed by atoms with Gasteiger partial charge in [0.15, 0.2) is 0 Å². The van der Waals surface area contributed by atoms with E-state index in [-0.39, 0.29) is 0 Å². The molecule has 0 N–H and O–H groups in total. The number of furan rings is 1. The highest BCUT2D eigenvalue weighted by Crippen LogP contribution is 2.40. The van der Waals surface area contributed by atoms with Crippen molar-refractivity contribution >= 4 is 54.6 Å². The normalized spacial score (nSPS) is 11.9. The molecule has 0 saturated heterocycles. The van der Waals surface area contributed by atoms with E-state index in [9.17, 15) is 0 Å². The number of nitrogens with zero attached hydrogens (tertiary/aromatic N) is 3. The average molecular weight is 490 g/mol. The van der Waals surface area contributed by atoms with E-state index < -0.39 is 0 Å². The molecule has 0 aliphatic rings. The van der Waals surface area contributed by atoms with Gasteiger partial charge in [-0.15, -0.1) is 0 Å². The van der Waals surface area contributed by atoms with Gasteiger partial charge in [-0.25, -0.2) is 9.97 Å². The number of para-hydroxylation sites is 4. The summed E-state index contributed by atoms with van der Waals surface area (Å²) in [4.78, 5) is 10.00. The zero-order valence-corrected chi connectivity index (χ0v) is 20.8. The van der Waals surface area contributed by atoms with Crippen LogP contribution in [0.5, 0.6) is 0 Å². The number of imidazole rings is 1. The van der Waals surface area contributed by atoms with Crippen LogP contribution in [0, 0.1) is 0 Å². The molecule has 0 radical (unpaired) electrons. The van der Waals surface area contributed by atoms with Gasteiger partial charge in [-0.2, -0.15) is 0 Å². The minimum absolute atomic E-state index is 0.862. The quantitative estimate of drug-likeness (QED) is 0.233. The smallest absolute Gasteiger partial charge is 0.144 e. The second kappa shape index (κ2) is 8.02. The molecule has 180 valence electrons. The molecule has 0 amide bonds. The van der Waals surface area contributed by atoms with E-state index in [0.29, 0.717) is 0 Å². The van der Waals surface area contributed by atoms with Crippen LogP contribution in [0.15, 0.2) is 114 Å². The number of hydrogen-bond acceptors (Lipinski definition) is 3. The van der Waals surface area contributed by atoms with E-state index in [1.165, 1.54) is 0 Å². The Balaban J connectivity index is 1.38. The maximum Gasteiger partial charge on any atom is 0.144 e. The van der Waals surface area contributed by atoms with Crippen molar-refractivity contribution in [2.75, 3.05) is 0 Å². The van der Waals surface area contributed by atoms with Gasteiger partial charge in [0.05, 0.1) is 22.2 Å². The Kier molecular flexibility index (Phi) is 4.47. The van der Waals surface area contributed by atoms with Gasteiger partial charge in [0.1, 0.15) is 17.0 Å². The first-order valence-corrected chi connectivity index (χ1v) is 13.0. The highest BCUT2D eigenvalue weighted by Gasteiger charge is 2.17. The monoisotopic (exact) mass is 489 g/mol. The maximum absolute atomic E-state index is 6.46. The first-order chi connectivity index (χ1) is 18.8. The van der Waals surface area contributed by atoms with Crippen molar-refractivity contribution in [3.63, 3.8) is 0 Å². The number of fused-ring (bicyclic) bond motifs is 8. The van der Waals surface area contributed by atoms with Crippen molar-refractivity contribution in [1.29, 1.82) is 0 Å². The Morgan fingerprint density at radius 2 is 1.34 bits per heavy atom. The Bertz CT molecular complexity index is 2170. The van der Waals surface area contributed by atoms with Crippen molar-refractivity contribution in [2.45, 2.75) is 13.3 Å². The van der Waals surface area contributed by atoms with Crippen molar-refractivity contribution in [2.24, 2.45) is 0 Å². The molecule has 0 fully saturated rings. The van der Waals surface area contributed by atoms with Crippen LogP contribution < -0.4 is 0 Å². The Labute approximate surface area is 218 Å². The van der Waals surface area contributed by atoms with Crippen LogP contribution in [0.2, 0.25) is 0 Å². The molecule has 0 atom stereocenters. The molecule has 3 aromatic heterocycles. The van der Waals surface area contributed by atoms with Gasteiger partial charge >= 0.3 is 0 Å². The predicted octanol–water partition coefficient (Wildman–Crippen LogP) is 8.86. The van der Waals surface area contributed by atoms with Crippen LogP contribution in [-0.4, -0.2) is 14.5 Å².